The molecule has 23 heavy (non-hydrogen) atoms. The molecule has 0 saturated carbocycles. The largest absolute Gasteiger partial charge is 0.336 e. The van der Waals surface area contributed by atoms with Gasteiger partial charge in [-0.05, 0) is 19.4 Å². The number of thiophene rings is 1. The zero-order chi connectivity index (χ0) is 16.4. The summed E-state index contributed by atoms with van der Waals surface area (Å²) in [5, 5.41) is 2.05. The summed E-state index contributed by atoms with van der Waals surface area (Å²) in [5.41, 5.74) is 1.24. The van der Waals surface area contributed by atoms with Crippen LogP contribution in [-0.2, 0) is 4.79 Å². The van der Waals surface area contributed by atoms with Crippen LogP contribution in [0, 0.1) is 13.8 Å². The molecule has 0 radical (unpaired) electrons. The lowest BCUT2D eigenvalue weighted by Gasteiger charge is -2.19. The number of aryl methyl sites for hydroxylation is 2. The molecule has 7 heteroatoms. The first-order valence-corrected chi connectivity index (χ1v) is 9.79. The number of amides is 1. The maximum atomic E-state index is 12.5. The van der Waals surface area contributed by atoms with Crippen molar-refractivity contribution in [3.05, 3.63) is 16.8 Å². The van der Waals surface area contributed by atoms with Gasteiger partial charge in [0.2, 0.25) is 5.91 Å². The molecular weight excluding hydrogens is 328 g/mol. The van der Waals surface area contributed by atoms with E-state index in [-0.39, 0.29) is 5.91 Å². The smallest absolute Gasteiger partial charge is 0.233 e. The van der Waals surface area contributed by atoms with Gasteiger partial charge in [-0.25, -0.2) is 9.97 Å². The molecule has 0 aromatic carbocycles. The van der Waals surface area contributed by atoms with Crippen molar-refractivity contribution in [2.45, 2.75) is 25.3 Å². The number of likely N-dealkylation sites (N-methyl/N-ethyl adjacent to an activating group) is 1. The zero-order valence-electron chi connectivity index (χ0n) is 13.9. The summed E-state index contributed by atoms with van der Waals surface area (Å²) in [5.74, 6) is 0.681. The lowest BCUT2D eigenvalue weighted by Crippen LogP contribution is -3.09. The van der Waals surface area contributed by atoms with Crippen LogP contribution in [-0.4, -0.2) is 59.8 Å². The van der Waals surface area contributed by atoms with E-state index in [9.17, 15) is 4.79 Å². The summed E-state index contributed by atoms with van der Waals surface area (Å²) >= 11 is 3.24. The van der Waals surface area contributed by atoms with Crippen molar-refractivity contribution in [2.75, 3.05) is 39.0 Å². The molecule has 1 amide bonds. The molecule has 1 fully saturated rings. The van der Waals surface area contributed by atoms with E-state index in [0.717, 1.165) is 47.8 Å². The average Bonchev–Trinajstić information content (AvgIpc) is 2.71. The highest BCUT2D eigenvalue weighted by molar-refractivity contribution is 8.00. The molecule has 1 saturated heterocycles. The fraction of sp³-hybridized carbons (Fsp3) is 0.562. The van der Waals surface area contributed by atoms with E-state index in [1.54, 1.807) is 29.4 Å². The van der Waals surface area contributed by atoms with Crippen molar-refractivity contribution < 1.29 is 9.69 Å². The molecule has 0 spiro atoms. The normalized spacial score (nSPS) is 19.1. The maximum absolute atomic E-state index is 12.5. The first-order valence-electron chi connectivity index (χ1n) is 7.99. The van der Waals surface area contributed by atoms with Crippen LogP contribution in [0.3, 0.4) is 0 Å². The zero-order valence-corrected chi connectivity index (χ0v) is 15.5. The minimum atomic E-state index is 0.223. The van der Waals surface area contributed by atoms with Crippen molar-refractivity contribution in [3.8, 4) is 0 Å². The van der Waals surface area contributed by atoms with Gasteiger partial charge in [-0.15, -0.1) is 11.3 Å². The second kappa shape index (κ2) is 7.15. The van der Waals surface area contributed by atoms with Gasteiger partial charge in [0.25, 0.3) is 0 Å². The Balaban J connectivity index is 1.69. The molecular formula is C16H23N4OS2+. The van der Waals surface area contributed by atoms with E-state index in [0.29, 0.717) is 5.75 Å². The van der Waals surface area contributed by atoms with Gasteiger partial charge in [0.15, 0.2) is 0 Å². The Kier molecular flexibility index (Phi) is 5.18. The molecule has 1 aliphatic heterocycles. The van der Waals surface area contributed by atoms with E-state index in [1.165, 1.54) is 15.3 Å². The molecule has 0 aliphatic carbocycles. The first-order chi connectivity index (χ1) is 11.1. The Labute approximate surface area is 145 Å². The third-order valence-corrected chi connectivity index (χ3v) is 6.55. The van der Waals surface area contributed by atoms with Gasteiger partial charge in [0.05, 0.1) is 32.4 Å². The van der Waals surface area contributed by atoms with Gasteiger partial charge in [-0.3, -0.25) is 4.79 Å². The Bertz CT molecular complexity index is 715. The van der Waals surface area contributed by atoms with Crippen molar-refractivity contribution >= 4 is 39.2 Å². The van der Waals surface area contributed by atoms with Gasteiger partial charge in [-0.2, -0.15) is 0 Å². The van der Waals surface area contributed by atoms with E-state index in [4.69, 9.17) is 0 Å². The molecule has 2 aromatic heterocycles. The molecule has 124 valence electrons. The Morgan fingerprint density at radius 2 is 2.17 bits per heavy atom. The van der Waals surface area contributed by atoms with Crippen molar-refractivity contribution in [1.29, 1.82) is 0 Å². The number of aromatic nitrogens is 2. The topological polar surface area (TPSA) is 50.5 Å². The standard InChI is InChI=1S/C16H22N4OS2/c1-11-12(2)23-16-14(11)15(17-10-18-16)22-9-13(21)20-6-4-5-19(3)7-8-20/h10H,4-9H2,1-3H3/p+1. The molecule has 0 bridgehead atoms. The molecule has 3 heterocycles. The number of thioether (sulfide) groups is 1. The summed E-state index contributed by atoms with van der Waals surface area (Å²) in [4.78, 5) is 27.1. The lowest BCUT2D eigenvalue weighted by molar-refractivity contribution is -0.877. The summed E-state index contributed by atoms with van der Waals surface area (Å²) in [6, 6.07) is 0. The predicted octanol–water partition coefficient (Wildman–Crippen LogP) is 1.15. The molecule has 1 atom stereocenters. The summed E-state index contributed by atoms with van der Waals surface area (Å²) in [7, 11) is 2.20. The van der Waals surface area contributed by atoms with Gasteiger partial charge >= 0.3 is 0 Å². The number of nitrogens with zero attached hydrogens (tertiary/aromatic N) is 3. The molecule has 1 unspecified atom stereocenters. The SMILES string of the molecule is Cc1sc2ncnc(SCC(=O)N3CCC[NH+](C)CC3)c2c1C. The van der Waals surface area contributed by atoms with E-state index in [2.05, 4.69) is 30.9 Å². The fourth-order valence-electron chi connectivity index (χ4n) is 2.86. The summed E-state index contributed by atoms with van der Waals surface area (Å²) < 4.78 is 0. The van der Waals surface area contributed by atoms with Crippen LogP contribution in [0.5, 0.6) is 0 Å². The van der Waals surface area contributed by atoms with E-state index >= 15 is 0 Å². The quantitative estimate of drug-likeness (QED) is 0.666. The van der Waals surface area contributed by atoms with Crippen LogP contribution in [0.1, 0.15) is 16.9 Å². The maximum Gasteiger partial charge on any atom is 0.233 e. The highest BCUT2D eigenvalue weighted by Gasteiger charge is 2.20. The van der Waals surface area contributed by atoms with Crippen molar-refractivity contribution in [1.82, 2.24) is 14.9 Å². The number of nitrogens with one attached hydrogen (secondary N) is 1. The highest BCUT2D eigenvalue weighted by Crippen LogP contribution is 2.34. The fourth-order valence-corrected chi connectivity index (χ4v) is 4.88. The first kappa shape index (κ1) is 16.7. The van der Waals surface area contributed by atoms with Gasteiger partial charge in [0.1, 0.15) is 16.2 Å². The van der Waals surface area contributed by atoms with Gasteiger partial charge < -0.3 is 9.80 Å². The predicted molar refractivity (Wildman–Crippen MR) is 95.4 cm³/mol. The van der Waals surface area contributed by atoms with Crippen LogP contribution in [0.25, 0.3) is 10.2 Å². The van der Waals surface area contributed by atoms with Crippen LogP contribution in [0.15, 0.2) is 11.4 Å². The molecule has 2 aromatic rings. The Morgan fingerprint density at radius 3 is 3.00 bits per heavy atom. The lowest BCUT2D eigenvalue weighted by atomic mass is 10.2. The summed E-state index contributed by atoms with van der Waals surface area (Å²) in [6.45, 7) is 8.15. The van der Waals surface area contributed by atoms with E-state index < -0.39 is 0 Å². The number of carbonyl (C=O) groups is 1. The number of hydrogen-bond donors (Lipinski definition) is 1. The van der Waals surface area contributed by atoms with Crippen LogP contribution in [0.4, 0.5) is 0 Å². The second-order valence-electron chi connectivity index (χ2n) is 6.12. The highest BCUT2D eigenvalue weighted by atomic mass is 32.2. The number of carbonyl (C=O) groups excluding carboxylic acids is 1. The Morgan fingerprint density at radius 1 is 1.35 bits per heavy atom. The molecule has 5 nitrogen and oxygen atoms in total. The average molecular weight is 352 g/mol. The Hall–Kier alpha value is -1.18. The van der Waals surface area contributed by atoms with Crippen LogP contribution in [0.2, 0.25) is 0 Å². The number of rotatable bonds is 3. The van der Waals surface area contributed by atoms with Crippen molar-refractivity contribution in [3.63, 3.8) is 0 Å². The van der Waals surface area contributed by atoms with Crippen molar-refractivity contribution in [2.24, 2.45) is 0 Å². The van der Waals surface area contributed by atoms with Gasteiger partial charge in [0, 0.05) is 23.2 Å². The van der Waals surface area contributed by atoms with Gasteiger partial charge in [-0.1, -0.05) is 11.8 Å². The number of fused-ring (bicyclic) bond motifs is 1. The monoisotopic (exact) mass is 351 g/mol. The third kappa shape index (κ3) is 3.67. The number of hydrogen-bond acceptors (Lipinski definition) is 5. The molecule has 1 aliphatic rings. The van der Waals surface area contributed by atoms with Crippen LogP contribution >= 0.6 is 23.1 Å². The summed E-state index contributed by atoms with van der Waals surface area (Å²) in [6.07, 6.45) is 2.69. The second-order valence-corrected chi connectivity index (χ2v) is 8.29. The third-order valence-electron chi connectivity index (χ3n) is 4.46. The molecule has 3 rings (SSSR count). The molecule has 1 N–H and O–H groups in total. The minimum absolute atomic E-state index is 0.223. The minimum Gasteiger partial charge on any atom is -0.336 e. The van der Waals surface area contributed by atoms with E-state index in [1.807, 2.05) is 4.90 Å². The van der Waals surface area contributed by atoms with Crippen LogP contribution < -0.4 is 4.90 Å². The number of quaternary nitrogens is 1.